The van der Waals surface area contributed by atoms with Gasteiger partial charge in [-0.2, -0.15) is 5.10 Å². The average Bonchev–Trinajstić information content (AvgIpc) is 3.07. The van der Waals surface area contributed by atoms with Crippen molar-refractivity contribution in [2.45, 2.75) is 31.3 Å². The lowest BCUT2D eigenvalue weighted by Crippen LogP contribution is -2.59. The van der Waals surface area contributed by atoms with E-state index >= 15 is 0 Å². The Kier molecular flexibility index (Phi) is 5.63. The van der Waals surface area contributed by atoms with E-state index in [4.69, 9.17) is 9.47 Å². The van der Waals surface area contributed by atoms with Gasteiger partial charge in [0.25, 0.3) is 5.91 Å². The number of carbonyl (C=O) groups excluding carboxylic acids is 1. The zero-order chi connectivity index (χ0) is 21.3. The molecule has 0 bridgehead atoms. The zero-order valence-electron chi connectivity index (χ0n) is 18.1. The van der Waals surface area contributed by atoms with E-state index in [1.165, 1.54) is 0 Å². The minimum absolute atomic E-state index is 0.0118. The monoisotopic (exact) mass is 422 g/mol. The second-order valence-corrected chi connectivity index (χ2v) is 8.92. The number of carbonyl (C=O) groups is 1. The fourth-order valence-electron chi connectivity index (χ4n) is 5.17. The summed E-state index contributed by atoms with van der Waals surface area (Å²) in [5.74, 6) is 1.39. The molecule has 1 amide bonds. The van der Waals surface area contributed by atoms with E-state index in [1.54, 1.807) is 0 Å². The molecule has 1 spiro atoms. The lowest BCUT2D eigenvalue weighted by Gasteiger charge is -2.42. The zero-order valence-corrected chi connectivity index (χ0v) is 18.1. The number of hydrogen-bond donors (Lipinski definition) is 0. The molecule has 1 aromatic heterocycles. The van der Waals surface area contributed by atoms with Crippen molar-refractivity contribution < 1.29 is 14.3 Å². The molecule has 164 valence electrons. The third kappa shape index (κ3) is 3.92. The van der Waals surface area contributed by atoms with Gasteiger partial charge in [0.2, 0.25) is 0 Å². The molecule has 7 nitrogen and oxygen atoms in total. The molecule has 0 aliphatic carbocycles. The molecule has 7 heteroatoms. The Bertz CT molecular complexity index is 901. The third-order valence-electron chi connectivity index (χ3n) is 6.89. The predicted octanol–water partition coefficient (Wildman–Crippen LogP) is 2.41. The summed E-state index contributed by atoms with van der Waals surface area (Å²) in [6.07, 6.45) is 2.03. The van der Waals surface area contributed by atoms with E-state index in [-0.39, 0.29) is 11.8 Å². The molecule has 5 rings (SSSR count). The first kappa shape index (κ1) is 20.4. The van der Waals surface area contributed by atoms with Crippen LogP contribution in [0.4, 0.5) is 5.82 Å². The minimum atomic E-state index is -0.892. The van der Waals surface area contributed by atoms with Gasteiger partial charge in [0.05, 0.1) is 18.8 Å². The van der Waals surface area contributed by atoms with Crippen molar-refractivity contribution in [3.63, 3.8) is 0 Å². The second kappa shape index (κ2) is 8.55. The van der Waals surface area contributed by atoms with E-state index in [9.17, 15) is 4.79 Å². The highest BCUT2D eigenvalue weighted by Gasteiger charge is 2.58. The number of aryl methyl sites for hydroxylation is 1. The van der Waals surface area contributed by atoms with Crippen molar-refractivity contribution in [2.75, 3.05) is 50.9 Å². The van der Waals surface area contributed by atoms with Crippen LogP contribution in [0.25, 0.3) is 0 Å². The first-order chi connectivity index (χ1) is 15.2. The molecular weight excluding hydrogens is 392 g/mol. The highest BCUT2D eigenvalue weighted by atomic mass is 16.5. The second-order valence-electron chi connectivity index (χ2n) is 8.92. The molecule has 31 heavy (non-hydrogen) atoms. The Hall–Kier alpha value is -2.51. The fraction of sp³-hybridized carbons (Fsp3) is 0.542. The van der Waals surface area contributed by atoms with Gasteiger partial charge in [-0.15, -0.1) is 5.10 Å². The molecule has 2 atom stereocenters. The van der Waals surface area contributed by atoms with Gasteiger partial charge in [0, 0.05) is 38.8 Å². The highest BCUT2D eigenvalue weighted by molar-refractivity contribution is 5.90. The molecule has 0 unspecified atom stereocenters. The summed E-state index contributed by atoms with van der Waals surface area (Å²) in [4.78, 5) is 18.1. The van der Waals surface area contributed by atoms with Crippen molar-refractivity contribution in [1.82, 2.24) is 15.1 Å². The van der Waals surface area contributed by atoms with Gasteiger partial charge < -0.3 is 19.3 Å². The van der Waals surface area contributed by atoms with E-state index in [0.29, 0.717) is 32.2 Å². The maximum absolute atomic E-state index is 13.9. The largest absolute Gasteiger partial charge is 0.381 e. The van der Waals surface area contributed by atoms with Crippen LogP contribution in [0.1, 0.15) is 30.0 Å². The van der Waals surface area contributed by atoms with E-state index < -0.39 is 5.60 Å². The number of morpholine rings is 1. The maximum atomic E-state index is 13.9. The topological polar surface area (TPSA) is 67.8 Å². The first-order valence-corrected chi connectivity index (χ1v) is 11.3. The van der Waals surface area contributed by atoms with Crippen molar-refractivity contribution in [3.8, 4) is 0 Å². The van der Waals surface area contributed by atoms with Gasteiger partial charge in [0.1, 0.15) is 0 Å². The number of rotatable bonds is 4. The Morgan fingerprint density at radius 2 is 1.87 bits per heavy atom. The van der Waals surface area contributed by atoms with Crippen LogP contribution in [-0.4, -0.2) is 72.6 Å². The number of ether oxygens (including phenoxy) is 2. The van der Waals surface area contributed by atoms with Gasteiger partial charge in [-0.3, -0.25) is 4.79 Å². The number of amides is 1. The molecule has 3 aliphatic rings. The van der Waals surface area contributed by atoms with Crippen LogP contribution < -0.4 is 4.90 Å². The minimum Gasteiger partial charge on any atom is -0.381 e. The molecule has 0 saturated carbocycles. The van der Waals surface area contributed by atoms with Crippen LogP contribution in [0.3, 0.4) is 0 Å². The molecule has 4 heterocycles. The van der Waals surface area contributed by atoms with Crippen molar-refractivity contribution in [3.05, 3.63) is 53.7 Å². The molecule has 2 aromatic rings. The number of aromatic nitrogens is 2. The molecule has 0 radical (unpaired) electrons. The van der Waals surface area contributed by atoms with Gasteiger partial charge in [0.15, 0.2) is 11.4 Å². The summed E-state index contributed by atoms with van der Waals surface area (Å²) >= 11 is 0. The van der Waals surface area contributed by atoms with Crippen LogP contribution in [-0.2, 0) is 14.3 Å². The molecule has 3 saturated heterocycles. The normalized spacial score (nSPS) is 27.3. The highest BCUT2D eigenvalue weighted by Crippen LogP contribution is 2.43. The molecule has 0 N–H and O–H groups in total. The van der Waals surface area contributed by atoms with Gasteiger partial charge in [-0.25, -0.2) is 0 Å². The Balaban J connectivity index is 1.45. The maximum Gasteiger partial charge on any atom is 0.257 e. The number of hydrogen-bond acceptors (Lipinski definition) is 6. The lowest BCUT2D eigenvalue weighted by molar-refractivity contribution is -0.152. The fourth-order valence-corrected chi connectivity index (χ4v) is 5.17. The summed E-state index contributed by atoms with van der Waals surface area (Å²) in [5, 5.41) is 8.59. The van der Waals surface area contributed by atoms with Gasteiger partial charge in [-0.05, 0) is 43.4 Å². The van der Waals surface area contributed by atoms with Crippen molar-refractivity contribution in [2.24, 2.45) is 5.92 Å². The van der Waals surface area contributed by atoms with Crippen molar-refractivity contribution in [1.29, 1.82) is 0 Å². The van der Waals surface area contributed by atoms with Crippen LogP contribution in [0.2, 0.25) is 0 Å². The Morgan fingerprint density at radius 1 is 1.06 bits per heavy atom. The quantitative estimate of drug-likeness (QED) is 0.754. The van der Waals surface area contributed by atoms with Gasteiger partial charge >= 0.3 is 0 Å². The van der Waals surface area contributed by atoms with Crippen LogP contribution in [0.5, 0.6) is 0 Å². The van der Waals surface area contributed by atoms with Gasteiger partial charge in [-0.1, -0.05) is 30.3 Å². The average molecular weight is 423 g/mol. The predicted molar refractivity (Wildman–Crippen MR) is 117 cm³/mol. The molecular formula is C24H30N4O3. The van der Waals surface area contributed by atoms with Crippen molar-refractivity contribution >= 4 is 11.7 Å². The van der Waals surface area contributed by atoms with Crippen LogP contribution in [0.15, 0.2) is 42.5 Å². The number of anilines is 1. The smallest absolute Gasteiger partial charge is 0.257 e. The van der Waals surface area contributed by atoms with E-state index in [0.717, 1.165) is 49.7 Å². The first-order valence-electron chi connectivity index (χ1n) is 11.3. The standard InChI is InChI=1S/C24H30N4O3/c1-18-7-8-22(26-25-18)27-11-14-31-24(17-27)21(20-5-3-2-4-6-20)16-28(23(24)29)15-19-9-12-30-13-10-19/h2-8,19,21H,9-17H2,1H3/t21-,24+/m1/s1. The lowest BCUT2D eigenvalue weighted by atomic mass is 9.83. The SMILES string of the molecule is Cc1ccc(N2CCO[C@]3(C2)C(=O)N(CC2CCOCC2)C[C@@H]3c2ccccc2)nn1. The van der Waals surface area contributed by atoms with E-state index in [2.05, 4.69) is 27.2 Å². The molecule has 3 aliphatic heterocycles. The molecule has 1 aromatic carbocycles. The summed E-state index contributed by atoms with van der Waals surface area (Å²) in [5.41, 5.74) is 1.15. The third-order valence-corrected chi connectivity index (χ3v) is 6.89. The Labute approximate surface area is 183 Å². The number of likely N-dealkylation sites (tertiary alicyclic amines) is 1. The van der Waals surface area contributed by atoms with Crippen LogP contribution in [0, 0.1) is 12.8 Å². The summed E-state index contributed by atoms with van der Waals surface area (Å²) < 4.78 is 11.9. The van der Waals surface area contributed by atoms with Crippen LogP contribution >= 0.6 is 0 Å². The molecule has 3 fully saturated rings. The number of nitrogens with zero attached hydrogens (tertiary/aromatic N) is 4. The summed E-state index contributed by atoms with van der Waals surface area (Å²) in [7, 11) is 0. The summed E-state index contributed by atoms with van der Waals surface area (Å²) in [6.45, 7) is 6.66. The number of benzene rings is 1. The van der Waals surface area contributed by atoms with E-state index in [1.807, 2.05) is 42.2 Å². The summed E-state index contributed by atoms with van der Waals surface area (Å²) in [6, 6.07) is 14.3. The Morgan fingerprint density at radius 3 is 2.61 bits per heavy atom.